The molecule has 2 aromatic carbocycles. The average molecular weight is 414 g/mol. The van der Waals surface area contributed by atoms with E-state index in [1.165, 1.54) is 0 Å². The van der Waals surface area contributed by atoms with E-state index in [4.69, 9.17) is 0 Å². The fourth-order valence-electron chi connectivity index (χ4n) is 4.41. The number of fused-ring (bicyclic) bond motifs is 1. The van der Waals surface area contributed by atoms with Crippen LogP contribution in [0.3, 0.4) is 0 Å². The lowest BCUT2D eigenvalue weighted by atomic mass is 9.89. The van der Waals surface area contributed by atoms with Gasteiger partial charge in [0.25, 0.3) is 5.91 Å². The third kappa shape index (κ3) is 3.96. The topological polar surface area (TPSA) is 53.5 Å². The maximum absolute atomic E-state index is 13.5. The molecule has 1 aliphatic heterocycles. The number of rotatable bonds is 4. The van der Waals surface area contributed by atoms with Gasteiger partial charge in [-0.3, -0.25) is 14.6 Å². The second kappa shape index (κ2) is 8.72. The summed E-state index contributed by atoms with van der Waals surface area (Å²) in [5.74, 6) is 0.0275. The van der Waals surface area contributed by atoms with Crippen molar-refractivity contribution in [3.8, 4) is 0 Å². The van der Waals surface area contributed by atoms with Crippen LogP contribution in [0.2, 0.25) is 0 Å². The number of hydrogen-bond acceptors (Lipinski definition) is 3. The molecular formula is C26H27N3O2. The third-order valence-electron chi connectivity index (χ3n) is 5.84. The number of pyridine rings is 1. The number of carbonyl (C=O) groups is 2. The Kier molecular flexibility index (Phi) is 5.85. The molecule has 31 heavy (non-hydrogen) atoms. The highest BCUT2D eigenvalue weighted by molar-refractivity contribution is 6.07. The zero-order valence-corrected chi connectivity index (χ0v) is 18.2. The van der Waals surface area contributed by atoms with Crippen molar-refractivity contribution in [1.82, 2.24) is 4.98 Å². The summed E-state index contributed by atoms with van der Waals surface area (Å²) in [5, 5.41) is 0. The molecule has 5 heteroatoms. The molecule has 1 aliphatic rings. The first kappa shape index (κ1) is 20.8. The van der Waals surface area contributed by atoms with E-state index in [0.717, 1.165) is 22.6 Å². The average Bonchev–Trinajstić information content (AvgIpc) is 2.79. The first-order valence-corrected chi connectivity index (χ1v) is 10.7. The summed E-state index contributed by atoms with van der Waals surface area (Å²) < 4.78 is 0. The molecule has 3 aromatic rings. The molecule has 0 fully saturated rings. The van der Waals surface area contributed by atoms with Gasteiger partial charge in [-0.2, -0.15) is 0 Å². The lowest BCUT2D eigenvalue weighted by Crippen LogP contribution is -2.47. The summed E-state index contributed by atoms with van der Waals surface area (Å²) >= 11 is 0. The van der Waals surface area contributed by atoms with Gasteiger partial charge in [-0.1, -0.05) is 43.3 Å². The highest BCUT2D eigenvalue weighted by atomic mass is 16.2. The molecule has 0 saturated carbocycles. The van der Waals surface area contributed by atoms with Crippen molar-refractivity contribution < 1.29 is 9.59 Å². The van der Waals surface area contributed by atoms with Gasteiger partial charge < -0.3 is 9.80 Å². The lowest BCUT2D eigenvalue weighted by molar-refractivity contribution is -0.118. The Hall–Kier alpha value is -3.47. The molecule has 0 spiro atoms. The molecular weight excluding hydrogens is 386 g/mol. The lowest BCUT2D eigenvalue weighted by Gasteiger charge is -2.43. The van der Waals surface area contributed by atoms with Crippen LogP contribution in [-0.4, -0.2) is 22.8 Å². The van der Waals surface area contributed by atoms with Gasteiger partial charge in [0, 0.05) is 41.3 Å². The molecule has 1 aromatic heterocycles. The summed E-state index contributed by atoms with van der Waals surface area (Å²) in [4.78, 5) is 34.5. The fraction of sp³-hybridized carbons (Fsp3) is 0.269. The van der Waals surface area contributed by atoms with Gasteiger partial charge in [0.15, 0.2) is 0 Å². The van der Waals surface area contributed by atoms with Crippen molar-refractivity contribution in [2.45, 2.75) is 45.7 Å². The highest BCUT2D eigenvalue weighted by Gasteiger charge is 2.38. The molecule has 5 nitrogen and oxygen atoms in total. The molecule has 0 unspecified atom stereocenters. The van der Waals surface area contributed by atoms with Crippen LogP contribution in [0.15, 0.2) is 72.9 Å². The number of amides is 2. The van der Waals surface area contributed by atoms with Gasteiger partial charge in [0.2, 0.25) is 5.91 Å². The van der Waals surface area contributed by atoms with Gasteiger partial charge in [-0.15, -0.1) is 0 Å². The molecule has 158 valence electrons. The van der Waals surface area contributed by atoms with E-state index >= 15 is 0 Å². The van der Waals surface area contributed by atoms with Gasteiger partial charge in [-0.05, 0) is 56.2 Å². The number of carbonyl (C=O) groups excluding carboxylic acids is 2. The van der Waals surface area contributed by atoms with Crippen molar-refractivity contribution in [2.75, 3.05) is 9.80 Å². The van der Waals surface area contributed by atoms with E-state index in [1.54, 1.807) is 12.3 Å². The number of anilines is 2. The molecule has 2 heterocycles. The molecule has 2 atom stereocenters. The van der Waals surface area contributed by atoms with Gasteiger partial charge in [0.05, 0.1) is 6.04 Å². The van der Waals surface area contributed by atoms with E-state index in [2.05, 4.69) is 11.9 Å². The SMILES string of the molecule is CCC(=O)N(c1ccccc1)[C@@H]1C[C@H](C)N(C(=O)c2ccnc(C)c2)c2ccccc21. The van der Waals surface area contributed by atoms with E-state index < -0.39 is 0 Å². The van der Waals surface area contributed by atoms with Crippen molar-refractivity contribution >= 4 is 23.2 Å². The number of benzene rings is 2. The van der Waals surface area contributed by atoms with E-state index in [9.17, 15) is 9.59 Å². The number of nitrogens with zero attached hydrogens (tertiary/aromatic N) is 3. The first-order chi connectivity index (χ1) is 15.0. The normalized spacial score (nSPS) is 17.7. The monoisotopic (exact) mass is 413 g/mol. The van der Waals surface area contributed by atoms with Crippen LogP contribution in [0.5, 0.6) is 0 Å². The van der Waals surface area contributed by atoms with Crippen molar-refractivity contribution in [2.24, 2.45) is 0 Å². The minimum Gasteiger partial charge on any atom is -0.305 e. The summed E-state index contributed by atoms with van der Waals surface area (Å²) in [6.45, 7) is 5.82. The number of hydrogen-bond donors (Lipinski definition) is 0. The van der Waals surface area contributed by atoms with E-state index in [0.29, 0.717) is 18.4 Å². The Balaban J connectivity index is 1.79. The summed E-state index contributed by atoms with van der Waals surface area (Å²) in [5.41, 5.74) is 4.16. The molecule has 0 bridgehead atoms. The van der Waals surface area contributed by atoms with Crippen LogP contribution < -0.4 is 9.80 Å². The van der Waals surface area contributed by atoms with Crippen molar-refractivity contribution in [3.05, 3.63) is 89.7 Å². The van der Waals surface area contributed by atoms with Crippen LogP contribution in [0.1, 0.15) is 54.3 Å². The predicted molar refractivity (Wildman–Crippen MR) is 123 cm³/mol. The fourth-order valence-corrected chi connectivity index (χ4v) is 4.41. The Morgan fingerprint density at radius 1 is 1.06 bits per heavy atom. The molecule has 4 rings (SSSR count). The zero-order chi connectivity index (χ0) is 22.0. The number of aromatic nitrogens is 1. The first-order valence-electron chi connectivity index (χ1n) is 10.7. The second-order valence-electron chi connectivity index (χ2n) is 7.97. The number of para-hydroxylation sites is 2. The van der Waals surface area contributed by atoms with Gasteiger partial charge >= 0.3 is 0 Å². The smallest absolute Gasteiger partial charge is 0.258 e. The minimum absolute atomic E-state index is 0.0445. The quantitative estimate of drug-likeness (QED) is 0.582. The summed E-state index contributed by atoms with van der Waals surface area (Å²) in [6.07, 6.45) is 2.75. The molecule has 0 N–H and O–H groups in total. The van der Waals surface area contributed by atoms with Crippen LogP contribution in [0.25, 0.3) is 0 Å². The van der Waals surface area contributed by atoms with Crippen molar-refractivity contribution in [3.63, 3.8) is 0 Å². The molecule has 0 radical (unpaired) electrons. The molecule has 0 aliphatic carbocycles. The van der Waals surface area contributed by atoms with Crippen LogP contribution in [0, 0.1) is 6.92 Å². The standard InChI is InChI=1S/C26H27N3O2/c1-4-25(30)29(21-10-6-5-7-11-21)24-17-19(3)28(23-13-9-8-12-22(23)24)26(31)20-14-15-27-18(2)16-20/h5-16,19,24H,4,17H2,1-3H3/t19-,24+/m0/s1. The minimum atomic E-state index is -0.135. The third-order valence-corrected chi connectivity index (χ3v) is 5.84. The highest BCUT2D eigenvalue weighted by Crippen LogP contribution is 2.42. The second-order valence-corrected chi connectivity index (χ2v) is 7.97. The van der Waals surface area contributed by atoms with Crippen LogP contribution in [-0.2, 0) is 4.79 Å². The van der Waals surface area contributed by atoms with Crippen molar-refractivity contribution in [1.29, 1.82) is 0 Å². The molecule has 0 saturated heterocycles. The van der Waals surface area contributed by atoms with Crippen LogP contribution >= 0.6 is 0 Å². The largest absolute Gasteiger partial charge is 0.305 e. The molecule has 2 amide bonds. The Morgan fingerprint density at radius 2 is 1.77 bits per heavy atom. The maximum Gasteiger partial charge on any atom is 0.258 e. The predicted octanol–water partition coefficient (Wildman–Crippen LogP) is 5.31. The summed E-state index contributed by atoms with van der Waals surface area (Å²) in [6, 6.07) is 21.1. The zero-order valence-electron chi connectivity index (χ0n) is 18.2. The van der Waals surface area contributed by atoms with E-state index in [-0.39, 0.29) is 23.9 Å². The number of aryl methyl sites for hydroxylation is 1. The van der Waals surface area contributed by atoms with Crippen LogP contribution in [0.4, 0.5) is 11.4 Å². The summed E-state index contributed by atoms with van der Waals surface area (Å²) in [7, 11) is 0. The van der Waals surface area contributed by atoms with Gasteiger partial charge in [0.1, 0.15) is 0 Å². The Bertz CT molecular complexity index is 1100. The Labute approximate surface area is 183 Å². The maximum atomic E-state index is 13.5. The van der Waals surface area contributed by atoms with Gasteiger partial charge in [-0.25, -0.2) is 0 Å². The Morgan fingerprint density at radius 3 is 2.48 bits per heavy atom. The van der Waals surface area contributed by atoms with E-state index in [1.807, 2.05) is 84.3 Å².